The van der Waals surface area contributed by atoms with E-state index in [1.807, 2.05) is 6.20 Å². The molecule has 1 aliphatic carbocycles. The minimum atomic E-state index is 0.386. The molecule has 1 aliphatic rings. The van der Waals surface area contributed by atoms with Gasteiger partial charge in [-0.1, -0.05) is 13.8 Å². The van der Waals surface area contributed by atoms with E-state index in [2.05, 4.69) is 37.1 Å². The Labute approximate surface area is 104 Å². The van der Waals surface area contributed by atoms with E-state index in [1.165, 1.54) is 17.5 Å². The summed E-state index contributed by atoms with van der Waals surface area (Å²) >= 11 is 0. The summed E-state index contributed by atoms with van der Waals surface area (Å²) in [5, 5.41) is 3.63. The average Bonchev–Trinajstić information content (AvgIpc) is 3.01. The number of aryl methyl sites for hydroxylation is 1. The van der Waals surface area contributed by atoms with Gasteiger partial charge in [-0.25, -0.2) is 4.98 Å². The lowest BCUT2D eigenvalue weighted by atomic mass is 10.0. The molecule has 0 spiro atoms. The maximum atomic E-state index is 6.02. The molecule has 0 aliphatic heterocycles. The second-order valence-electron chi connectivity index (χ2n) is 5.30. The van der Waals surface area contributed by atoms with Crippen LogP contribution in [-0.4, -0.2) is 11.5 Å². The van der Waals surface area contributed by atoms with Gasteiger partial charge >= 0.3 is 0 Å². The molecule has 1 aromatic heterocycles. The first-order chi connectivity index (χ1) is 8.13. The molecule has 3 N–H and O–H groups in total. The van der Waals surface area contributed by atoms with Crippen molar-refractivity contribution in [1.29, 1.82) is 0 Å². The van der Waals surface area contributed by atoms with Gasteiger partial charge in [-0.05, 0) is 49.8 Å². The molecule has 0 radical (unpaired) electrons. The molecule has 3 atom stereocenters. The Morgan fingerprint density at radius 2 is 2.29 bits per heavy atom. The number of hydrogen-bond donors (Lipinski definition) is 2. The van der Waals surface area contributed by atoms with Crippen LogP contribution in [0.15, 0.2) is 12.3 Å². The summed E-state index contributed by atoms with van der Waals surface area (Å²) < 4.78 is 0. The van der Waals surface area contributed by atoms with Crippen molar-refractivity contribution < 1.29 is 0 Å². The van der Waals surface area contributed by atoms with Gasteiger partial charge in [0.05, 0.1) is 0 Å². The van der Waals surface area contributed by atoms with E-state index >= 15 is 0 Å². The highest BCUT2D eigenvalue weighted by atomic mass is 14.9. The van der Waals surface area contributed by atoms with Crippen LogP contribution < -0.4 is 11.1 Å². The van der Waals surface area contributed by atoms with Crippen LogP contribution >= 0.6 is 0 Å². The fraction of sp³-hybridized carbons (Fsp3) is 0.643. The average molecular weight is 233 g/mol. The molecule has 0 aromatic carbocycles. The number of nitrogens with two attached hydrogens (primary N) is 1. The zero-order valence-corrected chi connectivity index (χ0v) is 11.0. The Morgan fingerprint density at radius 1 is 1.59 bits per heavy atom. The van der Waals surface area contributed by atoms with Crippen LogP contribution in [0, 0.1) is 18.8 Å². The van der Waals surface area contributed by atoms with E-state index in [-0.39, 0.29) is 0 Å². The van der Waals surface area contributed by atoms with E-state index in [0.717, 1.165) is 24.8 Å². The zero-order valence-electron chi connectivity index (χ0n) is 11.0. The van der Waals surface area contributed by atoms with Crippen LogP contribution in [0.3, 0.4) is 0 Å². The van der Waals surface area contributed by atoms with Crippen LogP contribution in [0.5, 0.6) is 0 Å². The Morgan fingerprint density at radius 3 is 2.88 bits per heavy atom. The molecule has 3 unspecified atom stereocenters. The van der Waals surface area contributed by atoms with Crippen LogP contribution in [-0.2, 0) is 0 Å². The van der Waals surface area contributed by atoms with Gasteiger partial charge in [0.1, 0.15) is 5.82 Å². The summed E-state index contributed by atoms with van der Waals surface area (Å²) in [6, 6.07) is 2.57. The zero-order chi connectivity index (χ0) is 12.4. The third-order valence-corrected chi connectivity index (χ3v) is 3.64. The van der Waals surface area contributed by atoms with Crippen molar-refractivity contribution >= 4 is 5.82 Å². The lowest BCUT2D eigenvalue weighted by Crippen LogP contribution is -2.25. The van der Waals surface area contributed by atoms with Gasteiger partial charge < -0.3 is 11.1 Å². The first-order valence-electron chi connectivity index (χ1n) is 6.59. The largest absolute Gasteiger partial charge is 0.383 e. The smallest absolute Gasteiger partial charge is 0.128 e. The maximum Gasteiger partial charge on any atom is 0.128 e. The molecule has 0 amide bonds. The van der Waals surface area contributed by atoms with Gasteiger partial charge in [0.25, 0.3) is 0 Å². The first kappa shape index (κ1) is 12.4. The van der Waals surface area contributed by atoms with Crippen LogP contribution in [0.25, 0.3) is 0 Å². The summed E-state index contributed by atoms with van der Waals surface area (Å²) in [7, 11) is 0. The van der Waals surface area contributed by atoms with Crippen molar-refractivity contribution in [2.45, 2.75) is 39.7 Å². The lowest BCUT2D eigenvalue weighted by molar-refractivity contribution is 0.463. The van der Waals surface area contributed by atoms with Gasteiger partial charge in [-0.3, -0.25) is 0 Å². The molecule has 1 saturated carbocycles. The Bertz CT molecular complexity index is 389. The second kappa shape index (κ2) is 5.05. The minimum Gasteiger partial charge on any atom is -0.383 e. The fourth-order valence-electron chi connectivity index (χ4n) is 2.46. The summed E-state index contributed by atoms with van der Waals surface area (Å²) in [5.41, 5.74) is 8.40. The summed E-state index contributed by atoms with van der Waals surface area (Å²) in [6.45, 7) is 7.62. The Hall–Kier alpha value is -1.09. The van der Waals surface area contributed by atoms with Gasteiger partial charge in [0.2, 0.25) is 0 Å². The van der Waals surface area contributed by atoms with Crippen LogP contribution in [0.2, 0.25) is 0 Å². The molecule has 1 aromatic rings. The topological polar surface area (TPSA) is 50.9 Å². The lowest BCUT2D eigenvalue weighted by Gasteiger charge is -2.20. The van der Waals surface area contributed by atoms with Crippen molar-refractivity contribution in [3.05, 3.63) is 23.4 Å². The number of pyridine rings is 1. The Balaban J connectivity index is 2.21. The highest BCUT2D eigenvalue weighted by Crippen LogP contribution is 2.47. The summed E-state index contributed by atoms with van der Waals surface area (Å²) in [5.74, 6) is 2.22. The molecular formula is C14H23N3. The standard InChI is InChI=1S/C14H23N3/c1-4-5-16-13(11-7-10(11)3)12-6-9(2)8-17-14(12)15/h6,8,10-11,13,16H,4-5,7H2,1-3H3,(H2,15,17). The van der Waals surface area contributed by atoms with Crippen molar-refractivity contribution in [3.8, 4) is 0 Å². The molecule has 3 nitrogen and oxygen atoms in total. The third kappa shape index (κ3) is 2.78. The van der Waals surface area contributed by atoms with Crippen LogP contribution in [0.1, 0.15) is 43.9 Å². The second-order valence-corrected chi connectivity index (χ2v) is 5.30. The summed E-state index contributed by atoms with van der Waals surface area (Å²) in [4.78, 5) is 4.28. The number of aromatic nitrogens is 1. The minimum absolute atomic E-state index is 0.386. The fourth-order valence-corrected chi connectivity index (χ4v) is 2.46. The van der Waals surface area contributed by atoms with Gasteiger partial charge in [-0.2, -0.15) is 0 Å². The number of nitrogen functional groups attached to an aromatic ring is 1. The normalized spacial score (nSPS) is 24.6. The summed E-state index contributed by atoms with van der Waals surface area (Å²) in [6.07, 6.45) is 4.29. The molecule has 0 saturated heterocycles. The first-order valence-corrected chi connectivity index (χ1v) is 6.59. The number of nitrogens with one attached hydrogen (secondary N) is 1. The number of rotatable bonds is 5. The van der Waals surface area contributed by atoms with Gasteiger partial charge in [0.15, 0.2) is 0 Å². The van der Waals surface area contributed by atoms with E-state index in [4.69, 9.17) is 5.73 Å². The molecular weight excluding hydrogens is 210 g/mol. The van der Waals surface area contributed by atoms with Crippen molar-refractivity contribution in [2.24, 2.45) is 11.8 Å². The SMILES string of the molecule is CCCNC(c1cc(C)cnc1N)C1CC1C. The maximum absolute atomic E-state index is 6.02. The van der Waals surface area contributed by atoms with Crippen molar-refractivity contribution in [2.75, 3.05) is 12.3 Å². The number of nitrogens with zero attached hydrogens (tertiary/aromatic N) is 1. The Kier molecular flexibility index (Phi) is 3.67. The van der Waals surface area contributed by atoms with E-state index in [9.17, 15) is 0 Å². The predicted molar refractivity (Wildman–Crippen MR) is 71.7 cm³/mol. The highest BCUT2D eigenvalue weighted by molar-refractivity contribution is 5.43. The highest BCUT2D eigenvalue weighted by Gasteiger charge is 2.40. The molecule has 3 heteroatoms. The molecule has 1 fully saturated rings. The van der Waals surface area contributed by atoms with Crippen molar-refractivity contribution in [3.63, 3.8) is 0 Å². The molecule has 94 valence electrons. The van der Waals surface area contributed by atoms with Crippen molar-refractivity contribution in [1.82, 2.24) is 10.3 Å². The van der Waals surface area contributed by atoms with E-state index in [1.54, 1.807) is 0 Å². The van der Waals surface area contributed by atoms with Gasteiger partial charge in [-0.15, -0.1) is 0 Å². The van der Waals surface area contributed by atoms with E-state index in [0.29, 0.717) is 11.9 Å². The third-order valence-electron chi connectivity index (χ3n) is 3.64. The number of hydrogen-bond acceptors (Lipinski definition) is 3. The van der Waals surface area contributed by atoms with Crippen LogP contribution in [0.4, 0.5) is 5.82 Å². The molecule has 2 rings (SSSR count). The monoisotopic (exact) mass is 233 g/mol. The number of anilines is 1. The van der Waals surface area contributed by atoms with E-state index < -0.39 is 0 Å². The van der Waals surface area contributed by atoms with Gasteiger partial charge in [0, 0.05) is 17.8 Å². The molecule has 1 heterocycles. The predicted octanol–water partition coefficient (Wildman–Crippen LogP) is 2.67. The quantitative estimate of drug-likeness (QED) is 0.822. The molecule has 0 bridgehead atoms. The molecule has 17 heavy (non-hydrogen) atoms.